The van der Waals surface area contributed by atoms with Gasteiger partial charge in [-0.05, 0) is 55.3 Å². The maximum absolute atomic E-state index is 12.8. The molecular formula is C20H22Br2N2O3. The Kier molecular flexibility index (Phi) is 7.86. The number of aryl methyl sites for hydroxylation is 1. The van der Waals surface area contributed by atoms with Crippen molar-refractivity contribution in [2.75, 3.05) is 13.7 Å². The molecule has 0 heterocycles. The molecule has 0 saturated heterocycles. The van der Waals surface area contributed by atoms with Crippen molar-refractivity contribution in [3.63, 3.8) is 0 Å². The summed E-state index contributed by atoms with van der Waals surface area (Å²) in [5.74, 6) is 0.128. The zero-order valence-electron chi connectivity index (χ0n) is 15.5. The number of ether oxygens (including phenoxy) is 1. The second-order valence-electron chi connectivity index (χ2n) is 6.14. The predicted octanol–water partition coefficient (Wildman–Crippen LogP) is 4.06. The van der Waals surface area contributed by atoms with E-state index in [1.807, 2.05) is 43.3 Å². The van der Waals surface area contributed by atoms with Gasteiger partial charge in [0.05, 0.1) is 0 Å². The minimum Gasteiger partial charge on any atom is -0.484 e. The van der Waals surface area contributed by atoms with E-state index < -0.39 is 6.04 Å². The predicted molar refractivity (Wildman–Crippen MR) is 113 cm³/mol. The maximum Gasteiger partial charge on any atom is 0.261 e. The Bertz CT molecular complexity index is 827. The van der Waals surface area contributed by atoms with Gasteiger partial charge >= 0.3 is 0 Å². The van der Waals surface area contributed by atoms with Crippen molar-refractivity contribution in [1.29, 1.82) is 0 Å². The number of hydrogen-bond donors (Lipinski definition) is 1. The molecule has 0 fully saturated rings. The van der Waals surface area contributed by atoms with Crippen LogP contribution >= 0.6 is 31.9 Å². The molecule has 27 heavy (non-hydrogen) atoms. The first-order valence-electron chi connectivity index (χ1n) is 8.46. The zero-order chi connectivity index (χ0) is 20.0. The maximum atomic E-state index is 12.8. The summed E-state index contributed by atoms with van der Waals surface area (Å²) in [5, 5.41) is 2.60. The van der Waals surface area contributed by atoms with Crippen LogP contribution in [0.3, 0.4) is 0 Å². The Balaban J connectivity index is 2.14. The normalized spacial score (nSPS) is 11.6. The van der Waals surface area contributed by atoms with Gasteiger partial charge in [0.2, 0.25) is 5.91 Å². The highest BCUT2D eigenvalue weighted by molar-refractivity contribution is 9.10. The van der Waals surface area contributed by atoms with Crippen LogP contribution in [0.4, 0.5) is 0 Å². The lowest BCUT2D eigenvalue weighted by molar-refractivity contribution is -0.142. The Morgan fingerprint density at radius 1 is 1.19 bits per heavy atom. The fourth-order valence-electron chi connectivity index (χ4n) is 2.56. The van der Waals surface area contributed by atoms with E-state index in [1.165, 1.54) is 4.90 Å². The molecular weight excluding hydrogens is 476 g/mol. The van der Waals surface area contributed by atoms with Crippen molar-refractivity contribution in [3.05, 3.63) is 62.5 Å². The molecule has 2 aromatic carbocycles. The smallest absolute Gasteiger partial charge is 0.261 e. The molecule has 7 heteroatoms. The van der Waals surface area contributed by atoms with Gasteiger partial charge in [-0.25, -0.2) is 0 Å². The van der Waals surface area contributed by atoms with Crippen molar-refractivity contribution >= 4 is 43.7 Å². The van der Waals surface area contributed by atoms with Crippen LogP contribution in [0.2, 0.25) is 0 Å². The molecule has 144 valence electrons. The molecule has 0 spiro atoms. The van der Waals surface area contributed by atoms with Crippen LogP contribution < -0.4 is 10.1 Å². The quantitative estimate of drug-likeness (QED) is 0.627. The summed E-state index contributed by atoms with van der Waals surface area (Å²) in [6.45, 7) is 3.83. The number of likely N-dealkylation sites (N-methyl/N-ethyl adjacent to an activating group) is 1. The number of nitrogens with one attached hydrogen (secondary N) is 1. The molecule has 0 aliphatic carbocycles. The molecule has 0 aromatic heterocycles. The van der Waals surface area contributed by atoms with Crippen molar-refractivity contribution in [2.24, 2.45) is 0 Å². The fraction of sp³-hybridized carbons (Fsp3) is 0.300. The van der Waals surface area contributed by atoms with Gasteiger partial charge < -0.3 is 15.0 Å². The van der Waals surface area contributed by atoms with Gasteiger partial charge in [0.25, 0.3) is 5.91 Å². The highest BCUT2D eigenvalue weighted by atomic mass is 79.9. The van der Waals surface area contributed by atoms with E-state index in [9.17, 15) is 9.59 Å². The first-order chi connectivity index (χ1) is 12.8. The van der Waals surface area contributed by atoms with Crippen molar-refractivity contribution in [2.45, 2.75) is 26.4 Å². The van der Waals surface area contributed by atoms with Gasteiger partial charge in [0.1, 0.15) is 11.8 Å². The average Bonchev–Trinajstić information content (AvgIpc) is 2.65. The largest absolute Gasteiger partial charge is 0.484 e. The molecule has 2 amide bonds. The van der Waals surface area contributed by atoms with Gasteiger partial charge in [-0.2, -0.15) is 0 Å². The first kappa shape index (κ1) is 21.4. The Labute approximate surface area is 176 Å². The number of carbonyl (C=O) groups excluding carboxylic acids is 2. The zero-order valence-corrected chi connectivity index (χ0v) is 18.6. The molecule has 1 atom stereocenters. The molecule has 0 radical (unpaired) electrons. The van der Waals surface area contributed by atoms with Crippen LogP contribution in [0, 0.1) is 6.92 Å². The van der Waals surface area contributed by atoms with Gasteiger partial charge in [-0.1, -0.05) is 44.0 Å². The summed E-state index contributed by atoms with van der Waals surface area (Å²) in [5.41, 5.74) is 1.94. The Morgan fingerprint density at radius 3 is 2.56 bits per heavy atom. The number of halogens is 2. The minimum atomic E-state index is -0.614. The summed E-state index contributed by atoms with van der Waals surface area (Å²) in [7, 11) is 1.56. The molecule has 2 rings (SSSR count). The Morgan fingerprint density at radius 2 is 1.93 bits per heavy atom. The molecule has 1 unspecified atom stereocenters. The molecule has 0 aliphatic heterocycles. The van der Waals surface area contributed by atoms with E-state index >= 15 is 0 Å². The van der Waals surface area contributed by atoms with Crippen LogP contribution in [0.15, 0.2) is 51.4 Å². The van der Waals surface area contributed by atoms with Crippen LogP contribution in [-0.2, 0) is 16.1 Å². The van der Waals surface area contributed by atoms with E-state index in [-0.39, 0.29) is 18.4 Å². The topological polar surface area (TPSA) is 58.6 Å². The Hall–Kier alpha value is -1.86. The van der Waals surface area contributed by atoms with Crippen LogP contribution in [0.25, 0.3) is 0 Å². The SMILES string of the molecule is CNC(=O)C(C)N(Cc1cccc(Br)c1)C(=O)COc1ccc(Br)c(C)c1. The summed E-state index contributed by atoms with van der Waals surface area (Å²) in [6.07, 6.45) is 0. The number of benzene rings is 2. The second kappa shape index (κ2) is 9.90. The summed E-state index contributed by atoms with van der Waals surface area (Å²) in [6, 6.07) is 12.6. The number of rotatable bonds is 7. The third-order valence-corrected chi connectivity index (χ3v) is 5.53. The third-order valence-electron chi connectivity index (χ3n) is 4.15. The molecule has 0 bridgehead atoms. The fourth-order valence-corrected chi connectivity index (χ4v) is 3.25. The molecule has 5 nitrogen and oxygen atoms in total. The lowest BCUT2D eigenvalue weighted by Crippen LogP contribution is -2.48. The lowest BCUT2D eigenvalue weighted by atomic mass is 10.1. The number of nitrogens with zero attached hydrogens (tertiary/aromatic N) is 1. The van der Waals surface area contributed by atoms with E-state index in [0.29, 0.717) is 12.3 Å². The average molecular weight is 498 g/mol. The second-order valence-corrected chi connectivity index (χ2v) is 7.91. The number of carbonyl (C=O) groups is 2. The lowest BCUT2D eigenvalue weighted by Gasteiger charge is -2.28. The molecule has 2 aromatic rings. The number of hydrogen-bond acceptors (Lipinski definition) is 3. The minimum absolute atomic E-state index is 0.142. The highest BCUT2D eigenvalue weighted by Gasteiger charge is 2.25. The molecule has 0 aliphatic rings. The standard InChI is InChI=1S/C20H22Br2N2O3/c1-13-9-17(7-8-18(13)22)27-12-19(25)24(14(2)20(26)23-3)11-15-5-4-6-16(21)10-15/h4-10,14H,11-12H2,1-3H3,(H,23,26). The monoisotopic (exact) mass is 496 g/mol. The van der Waals surface area contributed by atoms with E-state index in [1.54, 1.807) is 20.0 Å². The molecule has 1 N–H and O–H groups in total. The highest BCUT2D eigenvalue weighted by Crippen LogP contribution is 2.22. The van der Waals surface area contributed by atoms with Gasteiger partial charge in [0.15, 0.2) is 6.61 Å². The summed E-state index contributed by atoms with van der Waals surface area (Å²) in [4.78, 5) is 26.5. The van der Waals surface area contributed by atoms with E-state index in [2.05, 4.69) is 37.2 Å². The van der Waals surface area contributed by atoms with Gasteiger partial charge in [-0.15, -0.1) is 0 Å². The summed E-state index contributed by atoms with van der Waals surface area (Å²) < 4.78 is 7.55. The van der Waals surface area contributed by atoms with Crippen LogP contribution in [0.1, 0.15) is 18.1 Å². The van der Waals surface area contributed by atoms with Crippen LogP contribution in [0.5, 0.6) is 5.75 Å². The molecule has 0 saturated carbocycles. The van der Waals surface area contributed by atoms with E-state index in [0.717, 1.165) is 20.1 Å². The third kappa shape index (κ3) is 6.07. The van der Waals surface area contributed by atoms with Crippen molar-refractivity contribution in [1.82, 2.24) is 10.2 Å². The first-order valence-corrected chi connectivity index (χ1v) is 10.0. The van der Waals surface area contributed by atoms with Gasteiger partial charge in [0, 0.05) is 22.5 Å². The van der Waals surface area contributed by atoms with Gasteiger partial charge in [-0.3, -0.25) is 9.59 Å². The number of amides is 2. The van der Waals surface area contributed by atoms with Crippen molar-refractivity contribution < 1.29 is 14.3 Å². The van der Waals surface area contributed by atoms with Crippen molar-refractivity contribution in [3.8, 4) is 5.75 Å². The van der Waals surface area contributed by atoms with Crippen LogP contribution in [-0.4, -0.2) is 36.4 Å². The summed E-state index contributed by atoms with van der Waals surface area (Å²) >= 11 is 6.87. The van der Waals surface area contributed by atoms with E-state index in [4.69, 9.17) is 4.74 Å².